The van der Waals surface area contributed by atoms with Gasteiger partial charge in [0.1, 0.15) is 23.8 Å². The van der Waals surface area contributed by atoms with Crippen molar-refractivity contribution in [2.24, 2.45) is 4.99 Å². The molecule has 0 bridgehead atoms. The summed E-state index contributed by atoms with van der Waals surface area (Å²) >= 11 is 0. The van der Waals surface area contributed by atoms with Crippen LogP contribution in [0.5, 0.6) is 11.5 Å². The lowest BCUT2D eigenvalue weighted by Crippen LogP contribution is -2.38. The lowest BCUT2D eigenvalue weighted by molar-refractivity contribution is 0.308. The predicted molar refractivity (Wildman–Crippen MR) is 110 cm³/mol. The molecule has 0 saturated heterocycles. The van der Waals surface area contributed by atoms with E-state index in [0.717, 1.165) is 42.7 Å². The summed E-state index contributed by atoms with van der Waals surface area (Å²) in [4.78, 5) is 4.48. The molecule has 0 amide bonds. The summed E-state index contributed by atoms with van der Waals surface area (Å²) in [7, 11) is 1.65. The lowest BCUT2D eigenvalue weighted by atomic mass is 10.3. The highest BCUT2D eigenvalue weighted by molar-refractivity contribution is 14.0. The summed E-state index contributed by atoms with van der Waals surface area (Å²) < 4.78 is 16.2. The molecule has 2 N–H and O–H groups in total. The van der Waals surface area contributed by atoms with Gasteiger partial charge in [0.25, 0.3) is 0 Å². The molecule has 1 aromatic heterocycles. The maximum Gasteiger partial charge on any atom is 0.191 e. The zero-order chi connectivity index (χ0) is 17.0. The van der Waals surface area contributed by atoms with Gasteiger partial charge in [0.2, 0.25) is 0 Å². The second-order valence-electron chi connectivity index (χ2n) is 5.08. The first kappa shape index (κ1) is 21.1. The monoisotopic (exact) mass is 459 g/mol. The average Bonchev–Trinajstić information content (AvgIpc) is 3.13. The van der Waals surface area contributed by atoms with E-state index >= 15 is 0 Å². The average molecular weight is 459 g/mol. The van der Waals surface area contributed by atoms with Crippen LogP contribution in [-0.4, -0.2) is 32.8 Å². The number of rotatable bonds is 9. The number of methoxy groups -OCH3 is 1. The number of guanidine groups is 1. The van der Waals surface area contributed by atoms with E-state index in [1.165, 1.54) is 0 Å². The van der Waals surface area contributed by atoms with Crippen LogP contribution in [0.15, 0.2) is 52.1 Å². The molecule has 0 radical (unpaired) electrons. The normalized spacial score (nSPS) is 10.7. The minimum Gasteiger partial charge on any atom is -0.497 e. The zero-order valence-electron chi connectivity index (χ0n) is 14.7. The number of hydrogen-bond donors (Lipinski definition) is 2. The predicted octanol–water partition coefficient (Wildman–Crippen LogP) is 3.43. The fourth-order valence-corrected chi connectivity index (χ4v) is 2.06. The van der Waals surface area contributed by atoms with E-state index in [0.29, 0.717) is 13.2 Å². The molecule has 6 nitrogen and oxygen atoms in total. The highest BCUT2D eigenvalue weighted by atomic mass is 127. The first-order chi connectivity index (χ1) is 11.8. The molecule has 0 spiro atoms. The van der Waals surface area contributed by atoms with E-state index in [-0.39, 0.29) is 24.0 Å². The van der Waals surface area contributed by atoms with Crippen molar-refractivity contribution in [1.29, 1.82) is 0 Å². The molecule has 0 atom stereocenters. The third-order valence-electron chi connectivity index (χ3n) is 3.24. The molecular formula is C18H26IN3O3. The minimum absolute atomic E-state index is 0. The van der Waals surface area contributed by atoms with Gasteiger partial charge in [-0.3, -0.25) is 0 Å². The molecule has 25 heavy (non-hydrogen) atoms. The van der Waals surface area contributed by atoms with Crippen molar-refractivity contribution >= 4 is 29.9 Å². The Hall–Kier alpha value is -1.90. The first-order valence-corrected chi connectivity index (χ1v) is 8.13. The Balaban J connectivity index is 0.00000312. The van der Waals surface area contributed by atoms with Crippen LogP contribution in [0.2, 0.25) is 0 Å². The molecule has 0 unspecified atom stereocenters. The van der Waals surface area contributed by atoms with Gasteiger partial charge in [0.05, 0.1) is 20.0 Å². The van der Waals surface area contributed by atoms with Crippen molar-refractivity contribution in [3.8, 4) is 11.5 Å². The van der Waals surface area contributed by atoms with E-state index in [4.69, 9.17) is 13.9 Å². The molecule has 1 heterocycles. The van der Waals surface area contributed by atoms with E-state index in [1.807, 2.05) is 43.3 Å². The fraction of sp³-hybridized carbons (Fsp3) is 0.389. The number of hydrogen-bond acceptors (Lipinski definition) is 4. The Morgan fingerprint density at radius 2 is 2.00 bits per heavy atom. The van der Waals surface area contributed by atoms with E-state index in [9.17, 15) is 0 Å². The Kier molecular flexibility index (Phi) is 10.5. The van der Waals surface area contributed by atoms with Gasteiger partial charge >= 0.3 is 0 Å². The Morgan fingerprint density at radius 1 is 1.16 bits per heavy atom. The van der Waals surface area contributed by atoms with Crippen molar-refractivity contribution < 1.29 is 13.9 Å². The molecule has 2 rings (SSSR count). The summed E-state index contributed by atoms with van der Waals surface area (Å²) in [5.41, 5.74) is 0. The van der Waals surface area contributed by atoms with Crippen LogP contribution in [0.4, 0.5) is 0 Å². The van der Waals surface area contributed by atoms with Crippen molar-refractivity contribution in [3.05, 3.63) is 48.4 Å². The molecular weight excluding hydrogens is 433 g/mol. The molecule has 2 aromatic rings. The summed E-state index contributed by atoms with van der Waals surface area (Å²) in [5, 5.41) is 6.49. The number of aliphatic imine (C=N–C) groups is 1. The van der Waals surface area contributed by atoms with Crippen LogP contribution < -0.4 is 20.1 Å². The van der Waals surface area contributed by atoms with Crippen molar-refractivity contribution in [2.75, 3.05) is 26.8 Å². The highest BCUT2D eigenvalue weighted by Crippen LogP contribution is 2.18. The quantitative estimate of drug-likeness (QED) is 0.260. The molecule has 1 aromatic carbocycles. The Bertz CT molecular complexity index is 618. The van der Waals surface area contributed by atoms with E-state index in [1.54, 1.807) is 13.4 Å². The topological polar surface area (TPSA) is 68.0 Å². The second kappa shape index (κ2) is 12.5. The van der Waals surface area contributed by atoms with E-state index in [2.05, 4.69) is 15.6 Å². The van der Waals surface area contributed by atoms with Gasteiger partial charge in [-0.2, -0.15) is 0 Å². The van der Waals surface area contributed by atoms with Gasteiger partial charge < -0.3 is 24.5 Å². The van der Waals surface area contributed by atoms with Crippen LogP contribution >= 0.6 is 24.0 Å². The van der Waals surface area contributed by atoms with Crippen molar-refractivity contribution in [1.82, 2.24) is 10.6 Å². The Morgan fingerprint density at radius 3 is 2.72 bits per heavy atom. The van der Waals surface area contributed by atoms with Crippen LogP contribution in [-0.2, 0) is 6.54 Å². The van der Waals surface area contributed by atoms with Gasteiger partial charge in [0.15, 0.2) is 5.96 Å². The zero-order valence-corrected chi connectivity index (χ0v) is 17.0. The number of nitrogens with zero attached hydrogens (tertiary/aromatic N) is 1. The summed E-state index contributed by atoms with van der Waals surface area (Å²) in [6.07, 6.45) is 2.52. The molecule has 0 aliphatic carbocycles. The number of ether oxygens (including phenoxy) is 2. The molecule has 138 valence electrons. The van der Waals surface area contributed by atoms with Crippen LogP contribution in [0.1, 0.15) is 19.1 Å². The molecule has 0 aliphatic rings. The molecule has 0 fully saturated rings. The SMILES string of the molecule is CCNC(=NCc1ccco1)NCCCOc1cccc(OC)c1.I. The minimum atomic E-state index is 0. The number of benzene rings is 1. The van der Waals surface area contributed by atoms with Gasteiger partial charge in [0, 0.05) is 19.2 Å². The van der Waals surface area contributed by atoms with Gasteiger partial charge in [-0.25, -0.2) is 4.99 Å². The van der Waals surface area contributed by atoms with Crippen LogP contribution in [0.3, 0.4) is 0 Å². The summed E-state index contributed by atoms with van der Waals surface area (Å²) in [5.74, 6) is 3.22. The summed E-state index contributed by atoms with van der Waals surface area (Å²) in [6, 6.07) is 11.4. The first-order valence-electron chi connectivity index (χ1n) is 8.13. The third kappa shape index (κ3) is 8.15. The second-order valence-corrected chi connectivity index (χ2v) is 5.08. The van der Waals surface area contributed by atoms with Crippen molar-refractivity contribution in [2.45, 2.75) is 19.9 Å². The van der Waals surface area contributed by atoms with Gasteiger partial charge in [-0.1, -0.05) is 6.07 Å². The summed E-state index contributed by atoms with van der Waals surface area (Å²) in [6.45, 7) is 4.76. The maximum atomic E-state index is 5.71. The smallest absolute Gasteiger partial charge is 0.191 e. The lowest BCUT2D eigenvalue weighted by Gasteiger charge is -2.11. The standard InChI is InChI=1S/C18H25N3O3.HI/c1-3-19-18(21-14-17-9-5-11-24-17)20-10-6-12-23-16-8-4-7-15(13-16)22-2;/h4-5,7-9,11,13H,3,6,10,12,14H2,1-2H3,(H2,19,20,21);1H. The van der Waals surface area contributed by atoms with Crippen LogP contribution in [0.25, 0.3) is 0 Å². The van der Waals surface area contributed by atoms with Crippen LogP contribution in [0, 0.1) is 0 Å². The van der Waals surface area contributed by atoms with Gasteiger partial charge in [-0.15, -0.1) is 24.0 Å². The fourth-order valence-electron chi connectivity index (χ4n) is 2.06. The highest BCUT2D eigenvalue weighted by Gasteiger charge is 2.00. The maximum absolute atomic E-state index is 5.71. The van der Waals surface area contributed by atoms with E-state index < -0.39 is 0 Å². The van der Waals surface area contributed by atoms with Gasteiger partial charge in [-0.05, 0) is 37.6 Å². The Labute approximate surface area is 166 Å². The number of furan rings is 1. The number of nitrogens with one attached hydrogen (secondary N) is 2. The molecule has 0 saturated carbocycles. The van der Waals surface area contributed by atoms with Crippen molar-refractivity contribution in [3.63, 3.8) is 0 Å². The molecule has 0 aliphatic heterocycles. The number of halogens is 1. The third-order valence-corrected chi connectivity index (χ3v) is 3.24. The molecule has 7 heteroatoms. The largest absolute Gasteiger partial charge is 0.497 e.